The van der Waals surface area contributed by atoms with Gasteiger partial charge in [0.25, 0.3) is 0 Å². The lowest BCUT2D eigenvalue weighted by Gasteiger charge is -2.34. The number of hydrogen-bond acceptors (Lipinski definition) is 8. The molecule has 2 amide bonds. The second kappa shape index (κ2) is 9.44. The van der Waals surface area contributed by atoms with E-state index in [-0.39, 0.29) is 29.6 Å². The highest BCUT2D eigenvalue weighted by Crippen LogP contribution is 2.26. The van der Waals surface area contributed by atoms with E-state index in [2.05, 4.69) is 28.9 Å². The predicted octanol–water partition coefficient (Wildman–Crippen LogP) is 1.49. The summed E-state index contributed by atoms with van der Waals surface area (Å²) >= 11 is 0. The van der Waals surface area contributed by atoms with Crippen LogP contribution in [0.3, 0.4) is 0 Å². The summed E-state index contributed by atoms with van der Waals surface area (Å²) in [6.45, 7) is 7.51. The van der Waals surface area contributed by atoms with Crippen LogP contribution in [0.5, 0.6) is 0 Å². The third-order valence-electron chi connectivity index (χ3n) is 6.07. The minimum absolute atomic E-state index is 0.141. The van der Waals surface area contributed by atoms with Gasteiger partial charge in [0.2, 0.25) is 21.8 Å². The highest BCUT2D eigenvalue weighted by atomic mass is 32.2. The summed E-state index contributed by atoms with van der Waals surface area (Å²) in [4.78, 5) is 29.2. The number of nitrogens with zero attached hydrogens (tertiary/aromatic N) is 6. The van der Waals surface area contributed by atoms with Crippen LogP contribution in [0.4, 0.5) is 17.3 Å². The standard InChI is InChI=1S/C22H28N6O4S/c1-3-25(4-2)19-9-10-20(24-23-19)26-13-15-27(16-14-26)33(31,32)18-7-5-17(6-8-18)28-21(29)11-12-22(28)30/h5-10H,3-4,11-16H2,1-2H3. The van der Waals surface area contributed by atoms with E-state index in [1.807, 2.05) is 17.0 Å². The summed E-state index contributed by atoms with van der Waals surface area (Å²) in [7, 11) is -3.68. The molecule has 0 bridgehead atoms. The third kappa shape index (κ3) is 4.55. The lowest BCUT2D eigenvalue weighted by Crippen LogP contribution is -2.49. The van der Waals surface area contributed by atoms with E-state index < -0.39 is 10.0 Å². The zero-order valence-electron chi connectivity index (χ0n) is 18.8. The van der Waals surface area contributed by atoms with Crippen molar-refractivity contribution in [2.24, 2.45) is 0 Å². The van der Waals surface area contributed by atoms with E-state index in [0.717, 1.165) is 29.6 Å². The van der Waals surface area contributed by atoms with Gasteiger partial charge in [-0.3, -0.25) is 14.5 Å². The molecule has 1 aromatic heterocycles. The molecule has 2 aromatic rings. The van der Waals surface area contributed by atoms with Crippen LogP contribution in [0.2, 0.25) is 0 Å². The number of amides is 2. The molecule has 2 saturated heterocycles. The second-order valence-electron chi connectivity index (χ2n) is 7.93. The van der Waals surface area contributed by atoms with Gasteiger partial charge in [-0.05, 0) is 50.2 Å². The lowest BCUT2D eigenvalue weighted by atomic mass is 10.3. The van der Waals surface area contributed by atoms with E-state index in [1.54, 1.807) is 0 Å². The van der Waals surface area contributed by atoms with Gasteiger partial charge in [0.05, 0.1) is 10.6 Å². The summed E-state index contributed by atoms with van der Waals surface area (Å²) in [6.07, 6.45) is 0.372. The quantitative estimate of drug-likeness (QED) is 0.558. The van der Waals surface area contributed by atoms with Gasteiger partial charge in [-0.25, -0.2) is 8.42 Å². The Morgan fingerprint density at radius 1 is 0.848 bits per heavy atom. The average molecular weight is 473 g/mol. The van der Waals surface area contributed by atoms with Crippen molar-refractivity contribution in [1.29, 1.82) is 0 Å². The minimum Gasteiger partial charge on any atom is -0.356 e. The molecular formula is C22H28N6O4S. The smallest absolute Gasteiger partial charge is 0.243 e. The van der Waals surface area contributed by atoms with Gasteiger partial charge < -0.3 is 9.80 Å². The third-order valence-corrected chi connectivity index (χ3v) is 7.98. The van der Waals surface area contributed by atoms with Crippen LogP contribution in [0.25, 0.3) is 0 Å². The van der Waals surface area contributed by atoms with Crippen molar-refractivity contribution in [3.05, 3.63) is 36.4 Å². The molecule has 2 aliphatic rings. The Hall–Kier alpha value is -3.05. The molecule has 1 aromatic carbocycles. The van der Waals surface area contributed by atoms with Gasteiger partial charge in [-0.1, -0.05) is 0 Å². The molecule has 0 atom stereocenters. The Labute approximate surface area is 193 Å². The fourth-order valence-corrected chi connectivity index (χ4v) is 5.56. The van der Waals surface area contributed by atoms with Crippen molar-refractivity contribution in [3.8, 4) is 0 Å². The van der Waals surface area contributed by atoms with Gasteiger partial charge in [0.1, 0.15) is 0 Å². The molecule has 3 heterocycles. The van der Waals surface area contributed by atoms with Gasteiger partial charge in [0, 0.05) is 52.1 Å². The number of carbonyl (C=O) groups excluding carboxylic acids is 2. The van der Waals surface area contributed by atoms with E-state index in [4.69, 9.17) is 0 Å². The van der Waals surface area contributed by atoms with Crippen LogP contribution >= 0.6 is 0 Å². The van der Waals surface area contributed by atoms with Crippen LogP contribution in [0, 0.1) is 0 Å². The van der Waals surface area contributed by atoms with Gasteiger partial charge in [-0.2, -0.15) is 4.31 Å². The molecule has 11 heteroatoms. The van der Waals surface area contributed by atoms with Crippen molar-refractivity contribution in [1.82, 2.24) is 14.5 Å². The maximum Gasteiger partial charge on any atom is 0.243 e. The van der Waals surface area contributed by atoms with Crippen molar-refractivity contribution < 1.29 is 18.0 Å². The van der Waals surface area contributed by atoms with Crippen molar-refractivity contribution in [2.45, 2.75) is 31.6 Å². The first-order chi connectivity index (χ1) is 15.8. The molecule has 2 aliphatic heterocycles. The molecule has 4 rings (SSSR count). The molecule has 0 spiro atoms. The summed E-state index contributed by atoms with van der Waals surface area (Å²) in [5, 5.41) is 8.64. The van der Waals surface area contributed by atoms with E-state index in [1.165, 1.54) is 28.6 Å². The summed E-state index contributed by atoms with van der Waals surface area (Å²) in [5.41, 5.74) is 0.401. The summed E-state index contributed by atoms with van der Waals surface area (Å²) < 4.78 is 27.7. The number of rotatable bonds is 7. The molecule has 2 fully saturated rings. The first kappa shape index (κ1) is 23.1. The number of carbonyl (C=O) groups is 2. The first-order valence-electron chi connectivity index (χ1n) is 11.1. The molecule has 0 saturated carbocycles. The Morgan fingerprint density at radius 2 is 1.45 bits per heavy atom. The number of aromatic nitrogens is 2. The zero-order valence-corrected chi connectivity index (χ0v) is 19.7. The van der Waals surface area contributed by atoms with Gasteiger partial charge in [0.15, 0.2) is 11.6 Å². The Morgan fingerprint density at radius 3 is 1.97 bits per heavy atom. The van der Waals surface area contributed by atoms with Crippen LogP contribution < -0.4 is 14.7 Å². The summed E-state index contributed by atoms with van der Waals surface area (Å²) in [6, 6.07) is 9.79. The van der Waals surface area contributed by atoms with E-state index >= 15 is 0 Å². The topological polar surface area (TPSA) is 107 Å². The fourth-order valence-electron chi connectivity index (χ4n) is 4.14. The van der Waals surface area contributed by atoms with E-state index in [9.17, 15) is 18.0 Å². The molecule has 33 heavy (non-hydrogen) atoms. The molecule has 0 radical (unpaired) electrons. The highest BCUT2D eigenvalue weighted by Gasteiger charge is 2.32. The largest absolute Gasteiger partial charge is 0.356 e. The fraction of sp³-hybridized carbons (Fsp3) is 0.455. The Kier molecular flexibility index (Phi) is 6.61. The maximum atomic E-state index is 13.1. The van der Waals surface area contributed by atoms with E-state index in [0.29, 0.717) is 31.9 Å². The van der Waals surface area contributed by atoms with Gasteiger partial charge in [-0.15, -0.1) is 10.2 Å². The molecule has 176 valence electrons. The average Bonchev–Trinajstić information content (AvgIpc) is 3.18. The van der Waals surface area contributed by atoms with Crippen LogP contribution in [0.1, 0.15) is 26.7 Å². The molecule has 0 aliphatic carbocycles. The zero-order chi connectivity index (χ0) is 23.6. The number of imide groups is 1. The number of anilines is 3. The number of hydrogen-bond donors (Lipinski definition) is 0. The van der Waals surface area contributed by atoms with Crippen molar-refractivity contribution in [2.75, 3.05) is 54.0 Å². The molecular weight excluding hydrogens is 444 g/mol. The van der Waals surface area contributed by atoms with Crippen LogP contribution in [-0.4, -0.2) is 74.0 Å². The Bertz CT molecular complexity index is 1090. The number of sulfonamides is 1. The summed E-state index contributed by atoms with van der Waals surface area (Å²) in [5.74, 6) is 1.03. The Balaban J connectivity index is 1.41. The predicted molar refractivity (Wildman–Crippen MR) is 125 cm³/mol. The normalized spacial score (nSPS) is 17.6. The molecule has 10 nitrogen and oxygen atoms in total. The van der Waals surface area contributed by atoms with Crippen molar-refractivity contribution >= 4 is 39.2 Å². The molecule has 0 N–H and O–H groups in total. The van der Waals surface area contributed by atoms with Crippen molar-refractivity contribution in [3.63, 3.8) is 0 Å². The van der Waals surface area contributed by atoms with Crippen LogP contribution in [-0.2, 0) is 19.6 Å². The number of benzene rings is 1. The monoisotopic (exact) mass is 472 g/mol. The second-order valence-corrected chi connectivity index (χ2v) is 9.87. The minimum atomic E-state index is -3.68. The highest BCUT2D eigenvalue weighted by molar-refractivity contribution is 7.89. The maximum absolute atomic E-state index is 13.1. The van der Waals surface area contributed by atoms with Gasteiger partial charge >= 0.3 is 0 Å². The lowest BCUT2D eigenvalue weighted by molar-refractivity contribution is -0.121. The molecule has 0 unspecified atom stereocenters. The first-order valence-corrected chi connectivity index (χ1v) is 12.6. The SMILES string of the molecule is CCN(CC)c1ccc(N2CCN(S(=O)(=O)c3ccc(N4C(=O)CCC4=O)cc3)CC2)nn1. The number of piperazine rings is 1. The van der Waals surface area contributed by atoms with Crippen LogP contribution in [0.15, 0.2) is 41.3 Å².